The maximum atomic E-state index is 11.0. The van der Waals surface area contributed by atoms with E-state index >= 15 is 0 Å². The van der Waals surface area contributed by atoms with E-state index in [0.717, 1.165) is 21.8 Å². The zero-order valence-electron chi connectivity index (χ0n) is 16.1. The average molecular weight is 442 g/mol. The minimum atomic E-state index is -0.877. The number of rotatable bonds is 6. The molecule has 0 unspecified atom stereocenters. The van der Waals surface area contributed by atoms with Crippen molar-refractivity contribution in [1.82, 2.24) is 14.8 Å². The Labute approximate surface area is 182 Å². The number of fused-ring (bicyclic) bond motifs is 3. The highest BCUT2D eigenvalue weighted by Crippen LogP contribution is 2.46. The van der Waals surface area contributed by atoms with Gasteiger partial charge < -0.3 is 10.8 Å². The molecular formula is C21H20ClN5O2S. The maximum absolute atomic E-state index is 11.0. The number of nitrogens with zero attached hydrogens (tertiary/aromatic N) is 4. The number of halogens is 1. The quantitative estimate of drug-likeness (QED) is 0.599. The van der Waals surface area contributed by atoms with Gasteiger partial charge in [0.05, 0.1) is 11.8 Å². The molecule has 1 aromatic carbocycles. The summed E-state index contributed by atoms with van der Waals surface area (Å²) in [5.41, 5.74) is 9.06. The second-order valence-corrected chi connectivity index (χ2v) is 9.10. The van der Waals surface area contributed by atoms with Crippen LogP contribution in [0, 0.1) is 0 Å². The fraction of sp³-hybridized carbons (Fsp3) is 0.333. The van der Waals surface area contributed by atoms with Crippen molar-refractivity contribution in [2.24, 2.45) is 10.7 Å². The summed E-state index contributed by atoms with van der Waals surface area (Å²) in [5, 5.41) is 19.3. The van der Waals surface area contributed by atoms with E-state index in [4.69, 9.17) is 27.4 Å². The number of aliphatic carboxylic acids is 1. The van der Waals surface area contributed by atoms with Crippen LogP contribution in [0.2, 0.25) is 5.02 Å². The maximum Gasteiger partial charge on any atom is 0.303 e. The lowest BCUT2D eigenvalue weighted by atomic mass is 10.0. The van der Waals surface area contributed by atoms with Gasteiger partial charge in [0.2, 0.25) is 0 Å². The van der Waals surface area contributed by atoms with E-state index in [1.54, 1.807) is 11.3 Å². The number of aliphatic imine (C=N–C) groups is 1. The zero-order valence-corrected chi connectivity index (χ0v) is 17.7. The molecule has 7 nitrogen and oxygen atoms in total. The summed E-state index contributed by atoms with van der Waals surface area (Å²) in [5.74, 6) is 0.979. The molecule has 0 bridgehead atoms. The van der Waals surface area contributed by atoms with Crippen LogP contribution in [0.25, 0.3) is 5.00 Å². The molecule has 5 rings (SSSR count). The highest BCUT2D eigenvalue weighted by Gasteiger charge is 2.32. The van der Waals surface area contributed by atoms with E-state index in [9.17, 15) is 4.79 Å². The van der Waals surface area contributed by atoms with Crippen molar-refractivity contribution in [2.45, 2.75) is 44.2 Å². The first-order chi connectivity index (χ1) is 14.5. The Hall–Kier alpha value is -2.55. The molecule has 1 saturated carbocycles. The lowest BCUT2D eigenvalue weighted by Gasteiger charge is -2.13. The van der Waals surface area contributed by atoms with Crippen molar-refractivity contribution in [3.8, 4) is 5.00 Å². The second-order valence-electron chi connectivity index (χ2n) is 7.64. The van der Waals surface area contributed by atoms with Crippen LogP contribution in [0.3, 0.4) is 0 Å². The van der Waals surface area contributed by atoms with E-state index in [0.29, 0.717) is 35.6 Å². The lowest BCUT2D eigenvalue weighted by Crippen LogP contribution is -2.18. The zero-order chi connectivity index (χ0) is 20.8. The van der Waals surface area contributed by atoms with Crippen molar-refractivity contribution in [3.05, 3.63) is 63.0 Å². The number of aromatic nitrogens is 3. The van der Waals surface area contributed by atoms with Crippen molar-refractivity contribution in [2.75, 3.05) is 0 Å². The van der Waals surface area contributed by atoms with Gasteiger partial charge in [0.25, 0.3) is 0 Å². The molecule has 0 spiro atoms. The van der Waals surface area contributed by atoms with Crippen molar-refractivity contribution in [3.63, 3.8) is 0 Å². The second kappa shape index (κ2) is 7.61. The van der Waals surface area contributed by atoms with Gasteiger partial charge in [0, 0.05) is 27.4 Å². The van der Waals surface area contributed by atoms with Crippen LogP contribution in [-0.4, -0.2) is 31.6 Å². The molecule has 0 amide bonds. The molecule has 0 saturated heterocycles. The summed E-state index contributed by atoms with van der Waals surface area (Å²) >= 11 is 8.22. The molecule has 2 aromatic heterocycles. The highest BCUT2D eigenvalue weighted by atomic mass is 35.5. The van der Waals surface area contributed by atoms with E-state index < -0.39 is 12.0 Å². The summed E-state index contributed by atoms with van der Waals surface area (Å²) in [6.45, 7) is 0.347. The van der Waals surface area contributed by atoms with Crippen molar-refractivity contribution < 1.29 is 9.90 Å². The van der Waals surface area contributed by atoms with Crippen molar-refractivity contribution >= 4 is 34.6 Å². The van der Waals surface area contributed by atoms with Gasteiger partial charge in [-0.15, -0.1) is 21.5 Å². The van der Waals surface area contributed by atoms with E-state index in [2.05, 4.69) is 16.3 Å². The van der Waals surface area contributed by atoms with Crippen LogP contribution in [0.15, 0.2) is 35.3 Å². The third-order valence-electron chi connectivity index (χ3n) is 5.43. The summed E-state index contributed by atoms with van der Waals surface area (Å²) in [4.78, 5) is 17.2. The minimum absolute atomic E-state index is 0.0185. The molecule has 3 heterocycles. The van der Waals surface area contributed by atoms with Gasteiger partial charge in [-0.1, -0.05) is 29.8 Å². The van der Waals surface area contributed by atoms with Crippen LogP contribution < -0.4 is 5.73 Å². The molecule has 0 radical (unpaired) electrons. The Morgan fingerprint density at radius 3 is 2.83 bits per heavy atom. The Balaban J connectivity index is 1.64. The van der Waals surface area contributed by atoms with Gasteiger partial charge in [0.15, 0.2) is 11.6 Å². The molecule has 2 aliphatic rings. The number of benzene rings is 1. The smallest absolute Gasteiger partial charge is 0.303 e. The average Bonchev–Trinajstić information content (AvgIpc) is 3.39. The molecule has 3 N–H and O–H groups in total. The standard InChI is InChI=1S/C21H20ClN5O2S/c22-14-4-2-1-3-12(14)19-13-9-16(11-5-6-11)30-21(13)27-17(10-24-19)25-26-20(27)15(23)7-8-18(28)29/h1-4,9,11,15H,5-8,10,23H2,(H,28,29)/t15-/m1/s1. The number of hydrogen-bond donors (Lipinski definition) is 2. The molecular weight excluding hydrogens is 422 g/mol. The number of thiophene rings is 1. The first-order valence-corrected chi connectivity index (χ1v) is 11.1. The van der Waals surface area contributed by atoms with Gasteiger partial charge in [0.1, 0.15) is 11.5 Å². The molecule has 1 atom stereocenters. The molecule has 1 fully saturated rings. The van der Waals surface area contributed by atoms with E-state index in [-0.39, 0.29) is 6.42 Å². The van der Waals surface area contributed by atoms with Crippen LogP contribution >= 0.6 is 22.9 Å². The van der Waals surface area contributed by atoms with Gasteiger partial charge in [-0.25, -0.2) is 0 Å². The third kappa shape index (κ3) is 3.45. The van der Waals surface area contributed by atoms with Crippen LogP contribution in [0.1, 0.15) is 65.3 Å². The van der Waals surface area contributed by atoms with Crippen molar-refractivity contribution in [1.29, 1.82) is 0 Å². The van der Waals surface area contributed by atoms with Crippen LogP contribution in [0.5, 0.6) is 0 Å². The summed E-state index contributed by atoms with van der Waals surface area (Å²) in [6, 6.07) is 9.39. The van der Waals surface area contributed by atoms with Gasteiger partial charge in [-0.05, 0) is 37.3 Å². The Morgan fingerprint density at radius 1 is 1.30 bits per heavy atom. The Kier molecular flexibility index (Phi) is 4.92. The van der Waals surface area contributed by atoms with Crippen LogP contribution in [0.4, 0.5) is 0 Å². The molecule has 9 heteroatoms. The SMILES string of the molecule is N[C@H](CCC(=O)O)c1nnc2n1-c1sc(C3CC3)cc1C(c1ccccc1Cl)=NC2. The molecule has 3 aromatic rings. The van der Waals surface area contributed by atoms with Gasteiger partial charge >= 0.3 is 5.97 Å². The largest absolute Gasteiger partial charge is 0.481 e. The number of carboxylic acid groups (broad SMARTS) is 1. The molecule has 1 aliphatic heterocycles. The predicted octanol–water partition coefficient (Wildman–Crippen LogP) is 4.08. The van der Waals surface area contributed by atoms with E-state index in [1.165, 1.54) is 17.7 Å². The Morgan fingerprint density at radius 2 is 2.10 bits per heavy atom. The monoisotopic (exact) mass is 441 g/mol. The van der Waals surface area contributed by atoms with Gasteiger partial charge in [-0.2, -0.15) is 0 Å². The summed E-state index contributed by atoms with van der Waals surface area (Å²) in [7, 11) is 0. The number of nitrogens with two attached hydrogens (primary N) is 1. The first-order valence-electron chi connectivity index (χ1n) is 9.88. The fourth-order valence-corrected chi connectivity index (χ4v) is 5.31. The summed E-state index contributed by atoms with van der Waals surface area (Å²) in [6.07, 6.45) is 2.66. The lowest BCUT2D eigenvalue weighted by molar-refractivity contribution is -0.137. The molecule has 154 valence electrons. The number of carboxylic acids is 1. The molecule has 30 heavy (non-hydrogen) atoms. The van der Waals surface area contributed by atoms with E-state index in [1.807, 2.05) is 28.8 Å². The first kappa shape index (κ1) is 19.4. The number of hydrogen-bond acceptors (Lipinski definition) is 6. The third-order valence-corrected chi connectivity index (χ3v) is 7.05. The fourth-order valence-electron chi connectivity index (χ4n) is 3.73. The normalized spacial score (nSPS) is 16.4. The molecule has 1 aliphatic carbocycles. The number of carbonyl (C=O) groups is 1. The Bertz CT molecular complexity index is 1160. The topological polar surface area (TPSA) is 106 Å². The van der Waals surface area contributed by atoms with Gasteiger partial charge in [-0.3, -0.25) is 14.4 Å². The van der Waals surface area contributed by atoms with Crippen LogP contribution in [-0.2, 0) is 11.3 Å². The highest BCUT2D eigenvalue weighted by molar-refractivity contribution is 7.15. The summed E-state index contributed by atoms with van der Waals surface area (Å²) < 4.78 is 1.98. The predicted molar refractivity (Wildman–Crippen MR) is 116 cm³/mol. The minimum Gasteiger partial charge on any atom is -0.481 e.